The number of nitrogens with zero attached hydrogens (tertiary/aromatic N) is 4. The number of para-hydroxylation sites is 1. The van der Waals surface area contributed by atoms with Gasteiger partial charge in [0.25, 0.3) is 0 Å². The third kappa shape index (κ3) is 15.1. The summed E-state index contributed by atoms with van der Waals surface area (Å²) in [4.78, 5) is 8.51. The number of ether oxygens (including phenoxy) is 7. The smallest absolute Gasteiger partial charge is 0.214 e. The number of thiol groups is 1. The number of hydrogen-bond donors (Lipinski definition) is 1. The van der Waals surface area contributed by atoms with Crippen molar-refractivity contribution in [2.24, 2.45) is 5.10 Å². The minimum Gasteiger partial charge on any atom is -0.493 e. The number of thiazole rings is 1. The molecule has 11 nitrogen and oxygen atoms in total. The van der Waals surface area contributed by atoms with Crippen molar-refractivity contribution in [3.8, 4) is 23.0 Å². The average Bonchev–Trinajstić information content (AvgIpc) is 4.09. The van der Waals surface area contributed by atoms with Gasteiger partial charge in [-0.3, -0.25) is 0 Å². The van der Waals surface area contributed by atoms with Crippen LogP contribution in [-0.4, -0.2) is 83.6 Å². The summed E-state index contributed by atoms with van der Waals surface area (Å²) in [5, 5.41) is 10.1. The van der Waals surface area contributed by atoms with Crippen molar-refractivity contribution in [1.82, 2.24) is 4.98 Å². The Morgan fingerprint density at radius 3 is 2.47 bits per heavy atom. The highest BCUT2D eigenvalue weighted by Gasteiger charge is 2.23. The van der Waals surface area contributed by atoms with Crippen LogP contribution in [-0.2, 0) is 33.5 Å². The van der Waals surface area contributed by atoms with Crippen molar-refractivity contribution >= 4 is 56.3 Å². The molecule has 0 spiro atoms. The molecule has 5 aromatic carbocycles. The first-order valence-electron chi connectivity index (χ1n) is 24.1. The minimum absolute atomic E-state index is 0.0277. The number of methoxy groups -OCH3 is 2. The summed E-state index contributed by atoms with van der Waals surface area (Å²) >= 11 is 6.02. The highest BCUT2D eigenvalue weighted by atomic mass is 32.1. The maximum atomic E-state index is 7.28. The highest BCUT2D eigenvalue weighted by molar-refractivity contribution is 7.80. The number of fused-ring (bicyclic) bond motifs is 2. The fraction of sp³-hybridized carbons (Fsp3) is 0.436. The molecular formula is C55H66N4O7S2. The molecule has 2 heterocycles. The van der Waals surface area contributed by atoms with Gasteiger partial charge in [-0.2, -0.15) is 17.7 Å². The van der Waals surface area contributed by atoms with Crippen LogP contribution in [0, 0.1) is 6.57 Å². The van der Waals surface area contributed by atoms with E-state index in [0.717, 1.165) is 131 Å². The molecule has 1 aliphatic rings. The van der Waals surface area contributed by atoms with Crippen LogP contribution in [0.3, 0.4) is 0 Å². The normalized spacial score (nSPS) is 13.8. The molecule has 0 bridgehead atoms. The van der Waals surface area contributed by atoms with Crippen LogP contribution in [0.15, 0.2) is 96.1 Å². The molecule has 360 valence electrons. The first kappa shape index (κ1) is 50.5. The molecule has 7 rings (SSSR count). The van der Waals surface area contributed by atoms with Gasteiger partial charge in [-0.05, 0) is 132 Å². The predicted molar refractivity (Wildman–Crippen MR) is 279 cm³/mol. The SMILES string of the molecule is [C-]#[N+]CCCCN(/N=C/c1cc(CCc2ccc(OC(COC)c3ccc4cc(OCCCOC5CO5)ccc4c3)c(OC)c2)c(CCC)cc1OCCCCCCS)c1nc2ccccc2s1. The number of benzene rings is 5. The molecular weight excluding hydrogens is 893 g/mol. The fourth-order valence-electron chi connectivity index (χ4n) is 8.03. The van der Waals surface area contributed by atoms with Gasteiger partial charge >= 0.3 is 0 Å². The van der Waals surface area contributed by atoms with Crippen LogP contribution < -0.4 is 24.0 Å². The fourth-order valence-corrected chi connectivity index (χ4v) is 9.20. The summed E-state index contributed by atoms with van der Waals surface area (Å²) in [6.45, 7) is 13.6. The van der Waals surface area contributed by atoms with Gasteiger partial charge in [-0.25, -0.2) is 16.6 Å². The van der Waals surface area contributed by atoms with E-state index in [1.165, 1.54) is 11.1 Å². The van der Waals surface area contributed by atoms with E-state index in [2.05, 4.69) is 85.1 Å². The average molecular weight is 959 g/mol. The lowest BCUT2D eigenvalue weighted by Gasteiger charge is -2.21. The number of unbranched alkanes of at least 4 members (excludes halogenated alkanes) is 4. The van der Waals surface area contributed by atoms with E-state index < -0.39 is 0 Å². The first-order chi connectivity index (χ1) is 33.5. The molecule has 1 fully saturated rings. The maximum absolute atomic E-state index is 7.28. The minimum atomic E-state index is -0.356. The van der Waals surface area contributed by atoms with Crippen molar-refractivity contribution in [2.45, 2.75) is 89.9 Å². The number of aromatic nitrogens is 1. The van der Waals surface area contributed by atoms with Crippen molar-refractivity contribution in [1.29, 1.82) is 0 Å². The molecule has 0 saturated carbocycles. The highest BCUT2D eigenvalue weighted by Crippen LogP contribution is 2.35. The molecule has 0 N–H and O–H groups in total. The van der Waals surface area contributed by atoms with Gasteiger partial charge in [0, 0.05) is 32.1 Å². The topological polar surface area (TPSA) is 101 Å². The quantitative estimate of drug-likeness (QED) is 0.0114. The van der Waals surface area contributed by atoms with Crippen molar-refractivity contribution in [2.75, 3.05) is 71.1 Å². The van der Waals surface area contributed by atoms with Gasteiger partial charge in [0.1, 0.15) is 24.2 Å². The van der Waals surface area contributed by atoms with Crippen molar-refractivity contribution < 1.29 is 33.2 Å². The number of anilines is 1. The summed E-state index contributed by atoms with van der Waals surface area (Å²) in [5.74, 6) is 3.92. The van der Waals surface area contributed by atoms with Crippen LogP contribution in [0.4, 0.5) is 5.13 Å². The van der Waals surface area contributed by atoms with E-state index in [4.69, 9.17) is 49.8 Å². The van der Waals surface area contributed by atoms with E-state index in [0.29, 0.717) is 57.6 Å². The standard InChI is InChI=1S/C55H66N4O7S2/c1-5-15-41-36-50(63-28-12-6-7-13-31-67)46(37-57-59(27-11-10-26-56-2)55-58-48-16-8-9-17-53(48)68-55)34-42(41)20-18-40-19-25-49(51(32-40)61-4)66-52(38-60-3)45-22-21-44-35-47(24-23-43(44)33-45)62-29-14-30-64-54-39-65-54/h8-9,16-17,19,21-25,32-37,52,54,67H,5-7,10-15,18,20,26-31,38-39H2,1,3-4H3/b57-37+. The Kier molecular flexibility index (Phi) is 20.1. The predicted octanol–water partition coefficient (Wildman–Crippen LogP) is 12.5. The van der Waals surface area contributed by atoms with Gasteiger partial charge < -0.3 is 38.0 Å². The molecule has 1 aliphatic heterocycles. The Morgan fingerprint density at radius 1 is 0.838 bits per heavy atom. The zero-order valence-electron chi connectivity index (χ0n) is 39.8. The largest absolute Gasteiger partial charge is 0.493 e. The van der Waals surface area contributed by atoms with Crippen LogP contribution in [0.25, 0.3) is 25.8 Å². The number of aryl methyl sites for hydroxylation is 3. The zero-order valence-corrected chi connectivity index (χ0v) is 41.5. The number of hydrogen-bond acceptors (Lipinski definition) is 12. The van der Waals surface area contributed by atoms with Crippen molar-refractivity contribution in [3.63, 3.8) is 0 Å². The Bertz CT molecular complexity index is 2540. The Morgan fingerprint density at radius 2 is 1.66 bits per heavy atom. The number of rotatable bonds is 31. The molecule has 68 heavy (non-hydrogen) atoms. The van der Waals surface area contributed by atoms with Gasteiger partial charge in [-0.1, -0.05) is 73.9 Å². The number of hydrazone groups is 1. The van der Waals surface area contributed by atoms with E-state index in [1.54, 1.807) is 25.6 Å². The van der Waals surface area contributed by atoms with E-state index >= 15 is 0 Å². The second kappa shape index (κ2) is 27.0. The molecule has 2 atom stereocenters. The molecule has 1 aromatic heterocycles. The Hall–Kier alpha value is -5.36. The lowest BCUT2D eigenvalue weighted by atomic mass is 9.94. The monoisotopic (exact) mass is 958 g/mol. The first-order valence-corrected chi connectivity index (χ1v) is 25.5. The Labute approximate surface area is 411 Å². The molecule has 0 amide bonds. The van der Waals surface area contributed by atoms with Gasteiger partial charge in [0.15, 0.2) is 17.8 Å². The van der Waals surface area contributed by atoms with E-state index in [1.807, 2.05) is 41.6 Å². The molecule has 0 radical (unpaired) electrons. The summed E-state index contributed by atoms with van der Waals surface area (Å²) in [5.41, 5.74) is 6.60. The van der Waals surface area contributed by atoms with Gasteiger partial charge in [0.05, 0.1) is 50.0 Å². The van der Waals surface area contributed by atoms with E-state index in [9.17, 15) is 0 Å². The van der Waals surface area contributed by atoms with Crippen LogP contribution >= 0.6 is 24.0 Å². The van der Waals surface area contributed by atoms with Gasteiger partial charge in [0.2, 0.25) is 11.7 Å². The van der Waals surface area contributed by atoms with Crippen LogP contribution in [0.1, 0.15) is 92.2 Å². The lowest BCUT2D eigenvalue weighted by Crippen LogP contribution is -2.18. The molecule has 13 heteroatoms. The van der Waals surface area contributed by atoms with Crippen LogP contribution in [0.2, 0.25) is 0 Å². The van der Waals surface area contributed by atoms with Crippen molar-refractivity contribution in [3.05, 3.63) is 130 Å². The molecule has 0 aliphatic carbocycles. The summed E-state index contributed by atoms with van der Waals surface area (Å²) < 4.78 is 42.6. The lowest BCUT2D eigenvalue weighted by molar-refractivity contribution is 0.0435. The number of epoxide rings is 1. The Balaban J connectivity index is 1.07. The molecule has 1 saturated heterocycles. The summed E-state index contributed by atoms with van der Waals surface area (Å²) in [7, 11) is 3.38. The molecule has 2 unspecified atom stereocenters. The third-order valence-electron chi connectivity index (χ3n) is 11.8. The zero-order chi connectivity index (χ0) is 47.3. The molecule has 6 aromatic rings. The van der Waals surface area contributed by atoms with Gasteiger partial charge in [-0.15, -0.1) is 0 Å². The summed E-state index contributed by atoms with van der Waals surface area (Å²) in [6, 6.07) is 31.4. The second-order valence-corrected chi connectivity index (χ2v) is 18.4. The maximum Gasteiger partial charge on any atom is 0.214 e. The summed E-state index contributed by atoms with van der Waals surface area (Å²) in [6.07, 6.45) is 11.9. The third-order valence-corrected chi connectivity index (χ3v) is 13.1. The second-order valence-electron chi connectivity index (χ2n) is 17.0. The van der Waals surface area contributed by atoms with Crippen LogP contribution in [0.5, 0.6) is 23.0 Å². The van der Waals surface area contributed by atoms with E-state index in [-0.39, 0.29) is 12.4 Å².